The van der Waals surface area contributed by atoms with Crippen molar-refractivity contribution in [2.45, 2.75) is 71.1 Å². The van der Waals surface area contributed by atoms with Gasteiger partial charge in [0.05, 0.1) is 27.7 Å². The van der Waals surface area contributed by atoms with Crippen molar-refractivity contribution in [3.8, 4) is 0 Å². The highest BCUT2D eigenvalue weighted by atomic mass is 16.5. The first-order valence-corrected chi connectivity index (χ1v) is 4.39. The molecular weight excluding hydrogens is 223 g/mol. The van der Waals surface area contributed by atoms with E-state index in [-0.39, 0.29) is 50.0 Å². The lowest BCUT2D eigenvalue weighted by Gasteiger charge is -2.23. The molecule has 0 amide bonds. The highest BCUT2D eigenvalue weighted by Gasteiger charge is 2.15. The minimum absolute atomic E-state index is 0. The number of hydrogen-bond acceptors (Lipinski definition) is 2. The van der Waals surface area contributed by atoms with Gasteiger partial charge in [0.25, 0.3) is 0 Å². The van der Waals surface area contributed by atoms with Crippen molar-refractivity contribution >= 4 is 7.85 Å². The maximum absolute atomic E-state index is 5.46. The van der Waals surface area contributed by atoms with Crippen LogP contribution in [-0.4, -0.2) is 34.8 Å². The minimum Gasteiger partial charge on any atom is -0.382 e. The molecule has 118 valence electrons. The van der Waals surface area contributed by atoms with Crippen molar-refractivity contribution < 1.29 is 9.47 Å². The van der Waals surface area contributed by atoms with Crippen molar-refractivity contribution in [2.75, 3.05) is 26.9 Å². The van der Waals surface area contributed by atoms with Crippen LogP contribution in [-0.2, 0) is 9.47 Å². The summed E-state index contributed by atoms with van der Waals surface area (Å²) in [5, 5.41) is 0. The second kappa shape index (κ2) is 25.7. The summed E-state index contributed by atoms with van der Waals surface area (Å²) < 4.78 is 10.3. The number of rotatable bonds is 7. The Morgan fingerprint density at radius 3 is 1.67 bits per heavy atom. The van der Waals surface area contributed by atoms with E-state index in [0.717, 1.165) is 19.3 Å². The first kappa shape index (κ1) is 43.0. The van der Waals surface area contributed by atoms with Gasteiger partial charge in [-0.05, 0) is 5.41 Å². The smallest absolute Gasteiger partial charge is 0.0700 e. The second-order valence-corrected chi connectivity index (χ2v) is 3.75. The lowest BCUT2D eigenvalue weighted by atomic mass is 9.83. The molecule has 0 aromatic heterocycles. The van der Waals surface area contributed by atoms with Crippen molar-refractivity contribution in [1.82, 2.24) is 0 Å². The standard InChI is InChI=1S/C9H19BO2.6CH4/c1-9(2,4-5-10)8-12-7-6-11-3;;;;;;/h4-8H2,1-3H3;6*1H4. The molecule has 0 spiro atoms. The Bertz CT molecular complexity index is 107. The predicted molar refractivity (Wildman–Crippen MR) is 92.0 cm³/mol. The van der Waals surface area contributed by atoms with Gasteiger partial charge in [-0.15, -0.1) is 0 Å². The van der Waals surface area contributed by atoms with Crippen LogP contribution in [0.4, 0.5) is 0 Å². The molecule has 0 aliphatic heterocycles. The topological polar surface area (TPSA) is 18.5 Å². The van der Waals surface area contributed by atoms with Crippen molar-refractivity contribution in [2.24, 2.45) is 5.41 Å². The third kappa shape index (κ3) is 29.7. The van der Waals surface area contributed by atoms with Crippen LogP contribution < -0.4 is 0 Å². The molecule has 0 rings (SSSR count). The summed E-state index contributed by atoms with van der Waals surface area (Å²) in [7, 11) is 7.14. The van der Waals surface area contributed by atoms with Crippen LogP contribution in [0.1, 0.15) is 64.8 Å². The van der Waals surface area contributed by atoms with Crippen LogP contribution >= 0.6 is 0 Å². The van der Waals surface area contributed by atoms with Crippen molar-refractivity contribution in [3.63, 3.8) is 0 Å². The zero-order chi connectivity index (χ0) is 9.45. The molecule has 3 heteroatoms. The van der Waals surface area contributed by atoms with E-state index in [2.05, 4.69) is 13.8 Å². The largest absolute Gasteiger partial charge is 0.382 e. The van der Waals surface area contributed by atoms with Gasteiger partial charge in [0.2, 0.25) is 0 Å². The van der Waals surface area contributed by atoms with E-state index in [1.807, 2.05) is 0 Å². The number of methoxy groups -OCH3 is 1. The summed E-state index contributed by atoms with van der Waals surface area (Å²) >= 11 is 0. The van der Waals surface area contributed by atoms with E-state index in [1.165, 1.54) is 0 Å². The van der Waals surface area contributed by atoms with E-state index in [1.54, 1.807) is 7.11 Å². The average molecular weight is 266 g/mol. The monoisotopic (exact) mass is 266 g/mol. The molecule has 0 unspecified atom stereocenters. The highest BCUT2D eigenvalue weighted by Crippen LogP contribution is 2.21. The Kier molecular flexibility index (Phi) is 61.5. The van der Waals surface area contributed by atoms with Gasteiger partial charge in [0.1, 0.15) is 0 Å². The maximum Gasteiger partial charge on any atom is 0.0700 e. The first-order valence-electron chi connectivity index (χ1n) is 4.39. The van der Waals surface area contributed by atoms with E-state index >= 15 is 0 Å². The molecule has 0 saturated carbocycles. The molecule has 2 nitrogen and oxygen atoms in total. The highest BCUT2D eigenvalue weighted by molar-refractivity contribution is 6.08. The lowest BCUT2D eigenvalue weighted by Crippen LogP contribution is -2.20. The third-order valence-corrected chi connectivity index (χ3v) is 1.75. The fourth-order valence-corrected chi connectivity index (χ4v) is 0.954. The Labute approximate surface area is 121 Å². The Hall–Kier alpha value is -0.0151. The summed E-state index contributed by atoms with van der Waals surface area (Å²) in [5.74, 6) is 0. The van der Waals surface area contributed by atoms with E-state index in [9.17, 15) is 0 Å². The first-order chi connectivity index (χ1) is 5.62. The normalized spacial score (nSPS) is 7.94. The summed E-state index contributed by atoms with van der Waals surface area (Å²) in [4.78, 5) is 0. The summed E-state index contributed by atoms with van der Waals surface area (Å²) in [5.41, 5.74) is 0.197. The van der Waals surface area contributed by atoms with Gasteiger partial charge in [0, 0.05) is 7.11 Å². The number of ether oxygens (including phenoxy) is 2. The van der Waals surface area contributed by atoms with Crippen LogP contribution in [0, 0.1) is 5.41 Å². The van der Waals surface area contributed by atoms with Gasteiger partial charge >= 0.3 is 0 Å². The molecule has 0 saturated heterocycles. The molecular formula is C15H43BO2. The van der Waals surface area contributed by atoms with E-state index < -0.39 is 0 Å². The molecule has 0 aromatic rings. The zero-order valence-corrected chi connectivity index (χ0v) is 8.43. The lowest BCUT2D eigenvalue weighted by molar-refractivity contribution is 0.0267. The summed E-state index contributed by atoms with van der Waals surface area (Å²) in [6.07, 6.45) is 1.72. The van der Waals surface area contributed by atoms with Gasteiger partial charge in [-0.25, -0.2) is 0 Å². The molecule has 0 atom stereocenters. The Balaban J connectivity index is -0.0000000403. The quantitative estimate of drug-likeness (QED) is 0.449. The van der Waals surface area contributed by atoms with Gasteiger partial charge in [-0.2, -0.15) is 0 Å². The SMILES string of the molecule is C.C.C.C.C.C.[B]CCC(C)(C)COCCOC. The van der Waals surface area contributed by atoms with Crippen molar-refractivity contribution in [1.29, 1.82) is 0 Å². The van der Waals surface area contributed by atoms with Crippen LogP contribution in [0.2, 0.25) is 6.32 Å². The van der Waals surface area contributed by atoms with Crippen molar-refractivity contribution in [3.05, 3.63) is 0 Å². The maximum atomic E-state index is 5.46. The molecule has 0 heterocycles. The molecule has 0 aliphatic rings. The number of hydrogen-bond donors (Lipinski definition) is 0. The fourth-order valence-electron chi connectivity index (χ4n) is 0.954. The molecule has 0 N–H and O–H groups in total. The Morgan fingerprint density at radius 2 is 1.33 bits per heavy atom. The summed E-state index contributed by atoms with van der Waals surface area (Å²) in [6.45, 7) is 6.41. The second-order valence-electron chi connectivity index (χ2n) is 3.75. The Morgan fingerprint density at radius 1 is 0.889 bits per heavy atom. The minimum atomic E-state index is 0. The van der Waals surface area contributed by atoms with E-state index in [4.69, 9.17) is 17.3 Å². The molecule has 0 fully saturated rings. The molecule has 0 aliphatic carbocycles. The van der Waals surface area contributed by atoms with Crippen LogP contribution in [0.25, 0.3) is 0 Å². The third-order valence-electron chi connectivity index (χ3n) is 1.75. The van der Waals surface area contributed by atoms with Gasteiger partial charge in [0.15, 0.2) is 0 Å². The van der Waals surface area contributed by atoms with Crippen LogP contribution in [0.15, 0.2) is 0 Å². The van der Waals surface area contributed by atoms with E-state index in [0.29, 0.717) is 13.2 Å². The van der Waals surface area contributed by atoms with Gasteiger partial charge in [-0.1, -0.05) is 71.1 Å². The average Bonchev–Trinajstić information content (AvgIpc) is 1.98. The fraction of sp³-hybridized carbons (Fsp3) is 1.00. The zero-order valence-electron chi connectivity index (χ0n) is 8.43. The van der Waals surface area contributed by atoms with Gasteiger partial charge in [-0.3, -0.25) is 0 Å². The van der Waals surface area contributed by atoms with Crippen LogP contribution in [0.5, 0.6) is 0 Å². The molecule has 18 heavy (non-hydrogen) atoms. The molecule has 2 radical (unpaired) electrons. The van der Waals surface area contributed by atoms with Crippen LogP contribution in [0.3, 0.4) is 0 Å². The molecule has 0 aromatic carbocycles. The summed E-state index contributed by atoms with van der Waals surface area (Å²) in [6, 6.07) is 0. The predicted octanol–water partition coefficient (Wildman–Crippen LogP) is 5.47. The van der Waals surface area contributed by atoms with Gasteiger partial charge < -0.3 is 9.47 Å². The molecule has 0 bridgehead atoms.